The van der Waals surface area contributed by atoms with Crippen LogP contribution in [0.3, 0.4) is 0 Å². The molecule has 15 unspecified atom stereocenters. The molecule has 274 valence electrons. The van der Waals surface area contributed by atoms with Crippen molar-refractivity contribution in [2.24, 2.45) is 64.1 Å². The summed E-state index contributed by atoms with van der Waals surface area (Å²) in [7, 11) is 0. The molecular formula is C47H63NO3. The first kappa shape index (κ1) is 33.6. The van der Waals surface area contributed by atoms with Gasteiger partial charge in [0.2, 0.25) is 0 Å². The second kappa shape index (κ2) is 12.0. The first-order chi connectivity index (χ1) is 24.5. The third-order valence-electron chi connectivity index (χ3n) is 17.8. The van der Waals surface area contributed by atoms with Gasteiger partial charge in [-0.25, -0.2) is 0 Å². The van der Waals surface area contributed by atoms with Crippen molar-refractivity contribution < 1.29 is 15.3 Å². The molecule has 5 saturated carbocycles. The topological polar surface area (TPSA) is 63.9 Å². The van der Waals surface area contributed by atoms with Crippen molar-refractivity contribution in [2.45, 2.75) is 128 Å². The number of nitrogens with zero attached hydrogens (tertiary/aromatic N) is 1. The lowest BCUT2D eigenvalue weighted by molar-refractivity contribution is -0.180. The van der Waals surface area contributed by atoms with E-state index in [0.717, 1.165) is 63.8 Å². The SMILES string of the molecule is CC1CCC2N(C1)CC1C3CC4C(CC(O)C5CC(O)C6(CCC(CCc7ccc8cc9ccccc9cc8c7)C6)CC54C)C3CCC1C2(C)O. The predicted molar refractivity (Wildman–Crippen MR) is 206 cm³/mol. The van der Waals surface area contributed by atoms with Gasteiger partial charge in [-0.15, -0.1) is 0 Å². The predicted octanol–water partition coefficient (Wildman–Crippen LogP) is 9.01. The molecule has 7 aliphatic rings. The number of rotatable bonds is 3. The van der Waals surface area contributed by atoms with Crippen LogP contribution in [-0.4, -0.2) is 57.2 Å². The Morgan fingerprint density at radius 2 is 1.51 bits per heavy atom. The van der Waals surface area contributed by atoms with Crippen molar-refractivity contribution in [3.05, 3.63) is 60.2 Å². The zero-order valence-corrected chi connectivity index (χ0v) is 31.5. The molecule has 2 heterocycles. The van der Waals surface area contributed by atoms with Crippen LogP contribution in [0.1, 0.15) is 103 Å². The Kier molecular flexibility index (Phi) is 7.91. The molecule has 51 heavy (non-hydrogen) atoms. The summed E-state index contributed by atoms with van der Waals surface area (Å²) in [4.78, 5) is 2.71. The number of hydrogen-bond donors (Lipinski definition) is 3. The summed E-state index contributed by atoms with van der Waals surface area (Å²) in [5.74, 6) is 5.20. The summed E-state index contributed by atoms with van der Waals surface area (Å²) in [5, 5.41) is 41.3. The molecule has 4 nitrogen and oxygen atoms in total. The van der Waals surface area contributed by atoms with Gasteiger partial charge in [-0.05, 0) is 194 Å². The Hall–Kier alpha value is -1.98. The van der Waals surface area contributed by atoms with Gasteiger partial charge in [0.05, 0.1) is 17.8 Å². The minimum atomic E-state index is -0.590. The monoisotopic (exact) mass is 689 g/mol. The van der Waals surface area contributed by atoms with Crippen molar-refractivity contribution in [3.63, 3.8) is 0 Å². The minimum Gasteiger partial charge on any atom is -0.393 e. The molecule has 3 aromatic rings. The summed E-state index contributed by atoms with van der Waals surface area (Å²) < 4.78 is 0. The molecule has 4 heteroatoms. The van der Waals surface area contributed by atoms with Gasteiger partial charge >= 0.3 is 0 Å². The third kappa shape index (κ3) is 5.19. The van der Waals surface area contributed by atoms with Crippen LogP contribution in [0.25, 0.3) is 21.5 Å². The molecule has 3 aromatic carbocycles. The van der Waals surface area contributed by atoms with Crippen molar-refractivity contribution >= 4 is 21.5 Å². The number of aliphatic hydroxyl groups excluding tert-OH is 2. The number of aryl methyl sites for hydroxylation is 1. The zero-order valence-electron chi connectivity index (χ0n) is 31.5. The van der Waals surface area contributed by atoms with Gasteiger partial charge < -0.3 is 15.3 Å². The summed E-state index contributed by atoms with van der Waals surface area (Å²) in [6.45, 7) is 9.50. The average Bonchev–Trinajstić information content (AvgIpc) is 3.70. The van der Waals surface area contributed by atoms with Crippen LogP contribution in [0.15, 0.2) is 54.6 Å². The molecule has 15 atom stereocenters. The summed E-state index contributed by atoms with van der Waals surface area (Å²) in [6.07, 6.45) is 14.2. The second-order valence-corrected chi connectivity index (χ2v) is 20.3. The summed E-state index contributed by atoms with van der Waals surface area (Å²) in [6, 6.07) is 20.7. The molecule has 0 radical (unpaired) electrons. The fourth-order valence-electron chi connectivity index (χ4n) is 15.5. The molecule has 3 N–H and O–H groups in total. The lowest BCUT2D eigenvalue weighted by Gasteiger charge is -2.60. The number of piperidine rings is 2. The van der Waals surface area contributed by atoms with E-state index in [4.69, 9.17) is 0 Å². The highest BCUT2D eigenvalue weighted by molar-refractivity contribution is 5.98. The van der Waals surface area contributed by atoms with E-state index in [-0.39, 0.29) is 29.0 Å². The van der Waals surface area contributed by atoms with Crippen LogP contribution in [0.5, 0.6) is 0 Å². The van der Waals surface area contributed by atoms with E-state index in [1.54, 1.807) is 0 Å². The van der Waals surface area contributed by atoms with Gasteiger partial charge in [-0.3, -0.25) is 4.90 Å². The minimum absolute atomic E-state index is 0.00178. The summed E-state index contributed by atoms with van der Waals surface area (Å²) >= 11 is 0. The number of benzene rings is 3. The summed E-state index contributed by atoms with van der Waals surface area (Å²) in [5.41, 5.74) is 0.936. The second-order valence-electron chi connectivity index (χ2n) is 20.3. The molecule has 7 fully saturated rings. The Morgan fingerprint density at radius 1 is 0.725 bits per heavy atom. The van der Waals surface area contributed by atoms with Gasteiger partial charge in [0, 0.05) is 19.1 Å². The molecule has 0 aromatic heterocycles. The maximum Gasteiger partial charge on any atom is 0.0805 e. The maximum absolute atomic E-state index is 12.2. The fourth-order valence-corrected chi connectivity index (χ4v) is 15.5. The Labute approximate surface area is 306 Å². The van der Waals surface area contributed by atoms with E-state index in [2.05, 4.69) is 80.3 Å². The molecule has 1 spiro atoms. The van der Waals surface area contributed by atoms with Crippen molar-refractivity contribution in [2.75, 3.05) is 13.1 Å². The van der Waals surface area contributed by atoms with Gasteiger partial charge in [0.25, 0.3) is 0 Å². The van der Waals surface area contributed by atoms with Crippen LogP contribution < -0.4 is 0 Å². The molecule has 2 saturated heterocycles. The van der Waals surface area contributed by atoms with Crippen molar-refractivity contribution in [3.8, 4) is 0 Å². The Balaban J connectivity index is 0.868. The first-order valence-electron chi connectivity index (χ1n) is 21.3. The smallest absolute Gasteiger partial charge is 0.0805 e. The van der Waals surface area contributed by atoms with Crippen LogP contribution in [-0.2, 0) is 6.42 Å². The van der Waals surface area contributed by atoms with Gasteiger partial charge in [-0.2, -0.15) is 0 Å². The molecule has 10 rings (SSSR count). The van der Waals surface area contributed by atoms with E-state index in [1.165, 1.54) is 65.8 Å². The van der Waals surface area contributed by atoms with E-state index in [1.807, 2.05) is 0 Å². The quantitative estimate of drug-likeness (QED) is 0.240. The van der Waals surface area contributed by atoms with E-state index >= 15 is 0 Å². The van der Waals surface area contributed by atoms with E-state index < -0.39 is 5.60 Å². The largest absolute Gasteiger partial charge is 0.393 e. The third-order valence-corrected chi connectivity index (χ3v) is 17.8. The van der Waals surface area contributed by atoms with Crippen molar-refractivity contribution in [1.82, 2.24) is 4.90 Å². The zero-order chi connectivity index (χ0) is 34.9. The Morgan fingerprint density at radius 3 is 2.33 bits per heavy atom. The Bertz CT molecular complexity index is 1800. The van der Waals surface area contributed by atoms with Gasteiger partial charge in [-0.1, -0.05) is 56.3 Å². The lowest BCUT2D eigenvalue weighted by atomic mass is 9.46. The average molecular weight is 690 g/mol. The maximum atomic E-state index is 12.2. The fraction of sp³-hybridized carbons (Fsp3) is 0.702. The lowest BCUT2D eigenvalue weighted by Crippen LogP contribution is -2.67. The highest BCUT2D eigenvalue weighted by atomic mass is 16.3. The molecular weight excluding hydrogens is 627 g/mol. The first-order valence-corrected chi connectivity index (χ1v) is 21.3. The van der Waals surface area contributed by atoms with E-state index in [0.29, 0.717) is 47.5 Å². The van der Waals surface area contributed by atoms with Crippen LogP contribution in [0.2, 0.25) is 0 Å². The molecule has 2 aliphatic heterocycles. The number of hydrogen-bond acceptors (Lipinski definition) is 4. The van der Waals surface area contributed by atoms with Gasteiger partial charge in [0.15, 0.2) is 0 Å². The van der Waals surface area contributed by atoms with Gasteiger partial charge in [0.1, 0.15) is 0 Å². The van der Waals surface area contributed by atoms with Crippen LogP contribution in [0, 0.1) is 64.1 Å². The van der Waals surface area contributed by atoms with Crippen molar-refractivity contribution in [1.29, 1.82) is 0 Å². The van der Waals surface area contributed by atoms with Crippen LogP contribution >= 0.6 is 0 Å². The standard InChI is InChI=1S/C47H63NO3/c1-28-8-15-43-46(3,51)39-14-13-35-36(38(39)26-48(43)25-28)21-40-37(35)22-42(49)41-23-44(50)47(27-45(40,41)2)17-16-30(24-47)10-9-29-11-12-33-19-31-6-4-5-7-32(31)20-34(33)18-29/h4-7,11-12,18-20,28,30,35-44,49-51H,8-10,13-17,21-27H2,1-3H3. The molecule has 0 amide bonds. The van der Waals surface area contributed by atoms with E-state index in [9.17, 15) is 15.3 Å². The number of aliphatic hydroxyl groups is 3. The molecule has 5 aliphatic carbocycles. The normalized spacial score (nSPS) is 47.9. The van der Waals surface area contributed by atoms with Crippen LogP contribution in [0.4, 0.5) is 0 Å². The highest BCUT2D eigenvalue weighted by Crippen LogP contribution is 2.70. The highest BCUT2D eigenvalue weighted by Gasteiger charge is 2.67. The molecule has 0 bridgehead atoms. The number of fused-ring (bicyclic) bond motifs is 10.